The van der Waals surface area contributed by atoms with Crippen LogP contribution in [0.5, 0.6) is 0 Å². The van der Waals surface area contributed by atoms with Crippen molar-refractivity contribution in [1.29, 1.82) is 0 Å². The van der Waals surface area contributed by atoms with Gasteiger partial charge in [-0.2, -0.15) is 0 Å². The molecule has 1 heterocycles. The minimum absolute atomic E-state index is 0.217. The number of amides is 1. The van der Waals surface area contributed by atoms with Crippen molar-refractivity contribution in [3.05, 3.63) is 36.5 Å². The first kappa shape index (κ1) is 12.7. The summed E-state index contributed by atoms with van der Waals surface area (Å²) < 4.78 is 0. The smallest absolute Gasteiger partial charge is 0.226 e. The Balaban J connectivity index is 1.92. The van der Waals surface area contributed by atoms with Crippen molar-refractivity contribution in [3.63, 3.8) is 0 Å². The highest BCUT2D eigenvalue weighted by Crippen LogP contribution is 2.48. The van der Waals surface area contributed by atoms with Crippen LogP contribution in [0.3, 0.4) is 0 Å². The molecule has 4 atom stereocenters. The monoisotopic (exact) mass is 257 g/mol. The molecule has 1 fully saturated rings. The number of hydrogen-bond donors (Lipinski definition) is 0. The molecular formula is C17H23NO. The molecule has 2 heteroatoms. The van der Waals surface area contributed by atoms with Crippen LogP contribution >= 0.6 is 0 Å². The second-order valence-electron chi connectivity index (χ2n) is 6.24. The number of rotatable bonds is 1. The van der Waals surface area contributed by atoms with E-state index in [0.717, 1.165) is 19.4 Å². The van der Waals surface area contributed by atoms with Crippen molar-refractivity contribution in [3.8, 4) is 0 Å². The van der Waals surface area contributed by atoms with E-state index >= 15 is 0 Å². The molecule has 0 spiro atoms. The molecule has 1 saturated carbocycles. The Morgan fingerprint density at radius 3 is 3.05 bits per heavy atom. The van der Waals surface area contributed by atoms with Gasteiger partial charge in [0.05, 0.1) is 0 Å². The molecule has 1 amide bonds. The number of nitrogens with zero attached hydrogens (tertiary/aromatic N) is 1. The summed E-state index contributed by atoms with van der Waals surface area (Å²) in [4.78, 5) is 14.5. The maximum Gasteiger partial charge on any atom is 0.226 e. The zero-order chi connectivity index (χ0) is 13.4. The van der Waals surface area contributed by atoms with Crippen molar-refractivity contribution in [2.45, 2.75) is 25.7 Å². The van der Waals surface area contributed by atoms with Gasteiger partial charge in [0, 0.05) is 19.5 Å². The van der Waals surface area contributed by atoms with Crippen molar-refractivity contribution >= 4 is 5.91 Å². The summed E-state index contributed by atoms with van der Waals surface area (Å²) in [6.45, 7) is 4.69. The first-order valence-electron chi connectivity index (χ1n) is 7.45. The van der Waals surface area contributed by atoms with Crippen molar-refractivity contribution in [1.82, 2.24) is 4.90 Å². The average molecular weight is 257 g/mol. The van der Waals surface area contributed by atoms with Crippen LogP contribution in [-0.4, -0.2) is 24.4 Å². The number of fused-ring (bicyclic) bond motifs is 3. The molecule has 3 rings (SSSR count). The van der Waals surface area contributed by atoms with E-state index in [1.54, 1.807) is 0 Å². The van der Waals surface area contributed by atoms with Gasteiger partial charge < -0.3 is 4.90 Å². The molecule has 3 aliphatic rings. The number of likely N-dealkylation sites (N-methyl/N-ethyl adjacent to an activating group) is 1. The molecule has 0 N–H and O–H groups in total. The van der Waals surface area contributed by atoms with Gasteiger partial charge in [-0.3, -0.25) is 4.79 Å². The van der Waals surface area contributed by atoms with Crippen molar-refractivity contribution in [2.75, 3.05) is 13.6 Å². The van der Waals surface area contributed by atoms with Gasteiger partial charge in [0.1, 0.15) is 0 Å². The highest BCUT2D eigenvalue weighted by atomic mass is 16.2. The lowest BCUT2D eigenvalue weighted by Gasteiger charge is -2.26. The molecule has 0 saturated heterocycles. The van der Waals surface area contributed by atoms with Gasteiger partial charge in [-0.15, -0.1) is 0 Å². The van der Waals surface area contributed by atoms with Crippen LogP contribution in [0.4, 0.5) is 0 Å². The number of carbonyl (C=O) groups excluding carboxylic acids is 1. The number of allylic oxidation sites excluding steroid dienone is 4. The lowest BCUT2D eigenvalue weighted by atomic mass is 9.83. The normalized spacial score (nSPS) is 38.1. The molecule has 0 radical (unpaired) electrons. The van der Waals surface area contributed by atoms with Crippen LogP contribution in [0, 0.1) is 23.7 Å². The predicted octanol–water partition coefficient (Wildman–Crippen LogP) is 3.18. The van der Waals surface area contributed by atoms with E-state index in [2.05, 4.69) is 24.8 Å². The number of hydrogen-bond acceptors (Lipinski definition) is 1. The van der Waals surface area contributed by atoms with Gasteiger partial charge in [0.25, 0.3) is 0 Å². The molecule has 2 nitrogen and oxygen atoms in total. The highest BCUT2D eigenvalue weighted by Gasteiger charge is 2.46. The average Bonchev–Trinajstić information content (AvgIpc) is 2.54. The first-order chi connectivity index (χ1) is 9.20. The predicted molar refractivity (Wildman–Crippen MR) is 77.5 cm³/mol. The van der Waals surface area contributed by atoms with Crippen LogP contribution in [-0.2, 0) is 4.79 Å². The minimum atomic E-state index is 0.217. The Labute approximate surface area is 115 Å². The highest BCUT2D eigenvalue weighted by molar-refractivity contribution is 5.80. The Morgan fingerprint density at radius 2 is 2.26 bits per heavy atom. The van der Waals surface area contributed by atoms with Crippen molar-refractivity contribution in [2.24, 2.45) is 23.7 Å². The van der Waals surface area contributed by atoms with E-state index in [9.17, 15) is 4.79 Å². The SMILES string of the molecule is C=CC1=C[C@H]2C[C@H]3C=CCN(C)C(=O)[C@H]3[C@H]2CCC1. The molecule has 19 heavy (non-hydrogen) atoms. The van der Waals surface area contributed by atoms with Gasteiger partial charge in [0.15, 0.2) is 0 Å². The topological polar surface area (TPSA) is 20.3 Å². The van der Waals surface area contributed by atoms with Crippen LogP contribution in [0.25, 0.3) is 0 Å². The second kappa shape index (κ2) is 4.99. The summed E-state index contributed by atoms with van der Waals surface area (Å²) in [7, 11) is 1.93. The zero-order valence-corrected chi connectivity index (χ0v) is 11.7. The summed E-state index contributed by atoms with van der Waals surface area (Å²) >= 11 is 0. The van der Waals surface area contributed by atoms with Gasteiger partial charge in [0.2, 0.25) is 5.91 Å². The molecule has 0 aromatic rings. The zero-order valence-electron chi connectivity index (χ0n) is 11.7. The molecule has 0 aromatic heterocycles. The van der Waals surface area contributed by atoms with Crippen LogP contribution in [0.1, 0.15) is 25.7 Å². The molecule has 1 aliphatic heterocycles. The summed E-state index contributed by atoms with van der Waals surface area (Å²) in [6.07, 6.45) is 13.5. The van der Waals surface area contributed by atoms with E-state index in [1.165, 1.54) is 18.4 Å². The molecular weight excluding hydrogens is 234 g/mol. The summed E-state index contributed by atoms with van der Waals surface area (Å²) in [5.74, 6) is 2.14. The summed E-state index contributed by atoms with van der Waals surface area (Å²) in [6, 6.07) is 0. The Kier molecular flexibility index (Phi) is 3.34. The van der Waals surface area contributed by atoms with Crippen molar-refractivity contribution < 1.29 is 4.79 Å². The maximum atomic E-state index is 12.6. The lowest BCUT2D eigenvalue weighted by molar-refractivity contribution is -0.135. The Bertz CT molecular complexity index is 448. The third-order valence-electron chi connectivity index (χ3n) is 5.13. The van der Waals surface area contributed by atoms with Crippen LogP contribution in [0.15, 0.2) is 36.5 Å². The van der Waals surface area contributed by atoms with E-state index < -0.39 is 0 Å². The van der Waals surface area contributed by atoms with Gasteiger partial charge in [-0.05, 0) is 43.4 Å². The van der Waals surface area contributed by atoms with Crippen LogP contribution in [0.2, 0.25) is 0 Å². The van der Waals surface area contributed by atoms with Gasteiger partial charge in [-0.1, -0.05) is 36.5 Å². The Hall–Kier alpha value is -1.31. The van der Waals surface area contributed by atoms with Gasteiger partial charge >= 0.3 is 0 Å². The van der Waals surface area contributed by atoms with Gasteiger partial charge in [-0.25, -0.2) is 0 Å². The second-order valence-corrected chi connectivity index (χ2v) is 6.24. The van der Waals surface area contributed by atoms with E-state index in [0.29, 0.717) is 23.7 Å². The lowest BCUT2D eigenvalue weighted by Crippen LogP contribution is -2.36. The third-order valence-corrected chi connectivity index (χ3v) is 5.13. The quantitative estimate of drug-likeness (QED) is 0.661. The van der Waals surface area contributed by atoms with E-state index in [-0.39, 0.29) is 5.92 Å². The maximum absolute atomic E-state index is 12.6. The third kappa shape index (κ3) is 2.18. The Morgan fingerprint density at radius 1 is 1.42 bits per heavy atom. The molecule has 2 aliphatic carbocycles. The van der Waals surface area contributed by atoms with E-state index in [4.69, 9.17) is 0 Å². The first-order valence-corrected chi connectivity index (χ1v) is 7.45. The molecule has 0 unspecified atom stereocenters. The molecule has 0 aromatic carbocycles. The fourth-order valence-corrected chi connectivity index (χ4v) is 4.18. The molecule has 102 valence electrons. The standard InChI is InChI=1S/C17H23NO/c1-3-12-6-4-8-15-14(10-12)11-13-7-5-9-18(2)17(19)16(13)15/h3,5,7,10,13-16H,1,4,6,8-9,11H2,2H3/t13-,14+,15+,16-/m1/s1. The minimum Gasteiger partial charge on any atom is -0.342 e. The van der Waals surface area contributed by atoms with E-state index in [1.807, 2.05) is 18.0 Å². The summed E-state index contributed by atoms with van der Waals surface area (Å²) in [5.41, 5.74) is 1.38. The molecule has 0 bridgehead atoms. The number of carbonyl (C=O) groups is 1. The van der Waals surface area contributed by atoms with Crippen LogP contribution < -0.4 is 0 Å². The fraction of sp³-hybridized carbons (Fsp3) is 0.588. The largest absolute Gasteiger partial charge is 0.342 e. The summed E-state index contributed by atoms with van der Waals surface area (Å²) in [5, 5.41) is 0. The fourth-order valence-electron chi connectivity index (χ4n) is 4.18.